The number of rotatable bonds is 3. The van der Waals surface area contributed by atoms with E-state index in [0.29, 0.717) is 30.0 Å². The zero-order valence-corrected chi connectivity index (χ0v) is 14.8. The number of carbonyl (C=O) groups excluding carboxylic acids is 1. The minimum atomic E-state index is -0.383. The number of benzene rings is 1. The van der Waals surface area contributed by atoms with Gasteiger partial charge in [-0.1, -0.05) is 11.6 Å². The van der Waals surface area contributed by atoms with Gasteiger partial charge in [0.15, 0.2) is 0 Å². The molecule has 1 fully saturated rings. The maximum atomic E-state index is 14.5. The number of ether oxygens (including phenoxy) is 1. The number of halogens is 2. The summed E-state index contributed by atoms with van der Waals surface area (Å²) in [4.78, 5) is 18.0. The lowest BCUT2D eigenvalue weighted by atomic mass is 10.1. The van der Waals surface area contributed by atoms with E-state index in [9.17, 15) is 9.18 Å². The van der Waals surface area contributed by atoms with Crippen LogP contribution in [0.1, 0.15) is 24.2 Å². The zero-order valence-electron chi connectivity index (χ0n) is 14.0. The highest BCUT2D eigenvalue weighted by Crippen LogP contribution is 2.26. The van der Waals surface area contributed by atoms with Gasteiger partial charge in [-0.3, -0.25) is 4.79 Å². The molecule has 25 heavy (non-hydrogen) atoms. The van der Waals surface area contributed by atoms with Gasteiger partial charge >= 0.3 is 0 Å². The number of morpholine rings is 1. The van der Waals surface area contributed by atoms with E-state index in [1.54, 1.807) is 18.2 Å². The molecule has 1 aromatic carbocycles. The van der Waals surface area contributed by atoms with E-state index in [0.717, 1.165) is 0 Å². The van der Waals surface area contributed by atoms with Gasteiger partial charge in [-0.2, -0.15) is 0 Å². The van der Waals surface area contributed by atoms with E-state index >= 15 is 0 Å². The Balaban J connectivity index is 1.74. The molecular weight excluding hydrogens is 345 g/mol. The summed E-state index contributed by atoms with van der Waals surface area (Å²) < 4.78 is 20.2. The molecule has 132 valence electrons. The predicted octanol–water partition coefficient (Wildman–Crippen LogP) is 3.74. The maximum Gasteiger partial charge on any atom is 0.255 e. The van der Waals surface area contributed by atoms with Crippen LogP contribution in [0.15, 0.2) is 36.5 Å². The quantitative estimate of drug-likeness (QED) is 0.844. The molecule has 2 heterocycles. The molecule has 2 aromatic rings. The molecule has 1 aromatic heterocycles. The highest BCUT2D eigenvalue weighted by Gasteiger charge is 2.24. The SMILES string of the molecule is CC1CN(c2ccc(NC(=O)c3ccnc(Cl)c3)cc2F)CC(C)O1. The van der Waals surface area contributed by atoms with Crippen molar-refractivity contribution >= 4 is 28.9 Å². The van der Waals surface area contributed by atoms with Crippen molar-refractivity contribution in [2.24, 2.45) is 0 Å². The number of nitrogens with zero attached hydrogens (tertiary/aromatic N) is 2. The van der Waals surface area contributed by atoms with Crippen LogP contribution in [-0.2, 0) is 4.74 Å². The smallest absolute Gasteiger partial charge is 0.255 e. The summed E-state index contributed by atoms with van der Waals surface area (Å²) in [6.45, 7) is 5.19. The van der Waals surface area contributed by atoms with Gasteiger partial charge in [-0.25, -0.2) is 9.37 Å². The van der Waals surface area contributed by atoms with E-state index < -0.39 is 0 Å². The lowest BCUT2D eigenvalue weighted by Gasteiger charge is -2.37. The van der Waals surface area contributed by atoms with E-state index in [2.05, 4.69) is 10.3 Å². The molecular formula is C18H19ClFN3O2. The van der Waals surface area contributed by atoms with Crippen LogP contribution in [0.3, 0.4) is 0 Å². The van der Waals surface area contributed by atoms with Gasteiger partial charge in [0.05, 0.1) is 17.9 Å². The fraction of sp³-hybridized carbons (Fsp3) is 0.333. The number of pyridine rings is 1. The fourth-order valence-electron chi connectivity index (χ4n) is 2.96. The summed E-state index contributed by atoms with van der Waals surface area (Å²) >= 11 is 5.78. The molecule has 1 amide bonds. The van der Waals surface area contributed by atoms with Crippen LogP contribution >= 0.6 is 11.6 Å². The summed E-state index contributed by atoms with van der Waals surface area (Å²) in [5, 5.41) is 2.89. The molecule has 1 N–H and O–H groups in total. The normalized spacial score (nSPS) is 20.4. The molecule has 3 rings (SSSR count). The van der Waals surface area contributed by atoms with Gasteiger partial charge < -0.3 is 15.0 Å². The van der Waals surface area contributed by atoms with Crippen molar-refractivity contribution in [1.29, 1.82) is 0 Å². The first-order chi connectivity index (χ1) is 11.9. The Hall–Kier alpha value is -2.18. The van der Waals surface area contributed by atoms with Crippen LogP contribution in [0.25, 0.3) is 0 Å². The number of nitrogens with one attached hydrogen (secondary N) is 1. The molecule has 2 unspecified atom stereocenters. The predicted molar refractivity (Wildman–Crippen MR) is 95.8 cm³/mol. The summed E-state index contributed by atoms with van der Waals surface area (Å²) in [5.41, 5.74) is 1.25. The van der Waals surface area contributed by atoms with Gasteiger partial charge in [-0.15, -0.1) is 0 Å². The highest BCUT2D eigenvalue weighted by molar-refractivity contribution is 6.29. The third-order valence-corrected chi connectivity index (χ3v) is 4.16. The van der Waals surface area contributed by atoms with E-state index in [4.69, 9.17) is 16.3 Å². The molecule has 0 aliphatic carbocycles. The first-order valence-corrected chi connectivity index (χ1v) is 8.43. The molecule has 1 aliphatic rings. The molecule has 0 radical (unpaired) electrons. The maximum absolute atomic E-state index is 14.5. The third kappa shape index (κ3) is 4.27. The number of anilines is 2. The Morgan fingerprint density at radius 3 is 2.64 bits per heavy atom. The number of amides is 1. The van der Waals surface area contributed by atoms with Crippen LogP contribution in [0.4, 0.5) is 15.8 Å². The topological polar surface area (TPSA) is 54.5 Å². The largest absolute Gasteiger partial charge is 0.372 e. The summed E-state index contributed by atoms with van der Waals surface area (Å²) in [7, 11) is 0. The lowest BCUT2D eigenvalue weighted by molar-refractivity contribution is -0.00539. The Labute approximate surface area is 150 Å². The average Bonchev–Trinajstić information content (AvgIpc) is 2.54. The van der Waals surface area contributed by atoms with E-state index in [1.165, 1.54) is 18.3 Å². The van der Waals surface area contributed by atoms with Gasteiger partial charge in [0, 0.05) is 30.5 Å². The molecule has 0 spiro atoms. The third-order valence-electron chi connectivity index (χ3n) is 3.95. The summed E-state index contributed by atoms with van der Waals surface area (Å²) in [5.74, 6) is -0.753. The zero-order chi connectivity index (χ0) is 18.0. The van der Waals surface area contributed by atoms with Crippen molar-refractivity contribution in [3.8, 4) is 0 Å². The standard InChI is InChI=1S/C18H19ClFN3O2/c1-11-9-23(10-12(2)25-11)16-4-3-14(8-15(16)20)22-18(24)13-5-6-21-17(19)7-13/h3-8,11-12H,9-10H2,1-2H3,(H,22,24). The fourth-order valence-corrected chi connectivity index (χ4v) is 3.14. The van der Waals surface area contributed by atoms with Crippen LogP contribution in [0.5, 0.6) is 0 Å². The Bertz CT molecular complexity index is 777. The molecule has 1 aliphatic heterocycles. The van der Waals surface area contributed by atoms with Gasteiger partial charge in [0.1, 0.15) is 11.0 Å². The van der Waals surface area contributed by atoms with Crippen LogP contribution in [0, 0.1) is 5.82 Å². The Kier molecular flexibility index (Phi) is 5.20. The average molecular weight is 364 g/mol. The number of hydrogen-bond donors (Lipinski definition) is 1. The second-order valence-electron chi connectivity index (χ2n) is 6.15. The highest BCUT2D eigenvalue weighted by atomic mass is 35.5. The Morgan fingerprint density at radius 1 is 1.28 bits per heavy atom. The monoisotopic (exact) mass is 363 g/mol. The number of carbonyl (C=O) groups is 1. The summed E-state index contributed by atoms with van der Waals surface area (Å²) in [6, 6.07) is 7.68. The van der Waals surface area contributed by atoms with Crippen molar-refractivity contribution in [3.05, 3.63) is 53.1 Å². The first kappa shape index (κ1) is 17.6. The molecule has 2 atom stereocenters. The number of hydrogen-bond acceptors (Lipinski definition) is 4. The van der Waals surface area contributed by atoms with Gasteiger partial charge in [0.25, 0.3) is 5.91 Å². The summed E-state index contributed by atoms with van der Waals surface area (Å²) in [6.07, 6.45) is 1.53. The second kappa shape index (κ2) is 7.37. The van der Waals surface area contributed by atoms with Crippen molar-refractivity contribution in [2.75, 3.05) is 23.3 Å². The van der Waals surface area contributed by atoms with Crippen LogP contribution in [-0.4, -0.2) is 36.2 Å². The molecule has 1 saturated heterocycles. The minimum Gasteiger partial charge on any atom is -0.372 e. The van der Waals surface area contributed by atoms with Crippen molar-refractivity contribution in [2.45, 2.75) is 26.1 Å². The second-order valence-corrected chi connectivity index (χ2v) is 6.54. The molecule has 0 saturated carbocycles. The first-order valence-electron chi connectivity index (χ1n) is 8.05. The Morgan fingerprint density at radius 2 is 2.00 bits per heavy atom. The molecule has 0 bridgehead atoms. The lowest BCUT2D eigenvalue weighted by Crippen LogP contribution is -2.45. The van der Waals surface area contributed by atoms with Gasteiger partial charge in [0.2, 0.25) is 0 Å². The molecule has 5 nitrogen and oxygen atoms in total. The van der Waals surface area contributed by atoms with Crippen molar-refractivity contribution < 1.29 is 13.9 Å². The van der Waals surface area contributed by atoms with Gasteiger partial charge in [-0.05, 0) is 44.2 Å². The van der Waals surface area contributed by atoms with Crippen molar-refractivity contribution in [3.63, 3.8) is 0 Å². The van der Waals surface area contributed by atoms with Crippen LogP contribution in [0.2, 0.25) is 5.15 Å². The minimum absolute atomic E-state index is 0.0407. The van der Waals surface area contributed by atoms with Crippen LogP contribution < -0.4 is 10.2 Å². The number of aromatic nitrogens is 1. The van der Waals surface area contributed by atoms with E-state index in [1.807, 2.05) is 18.7 Å². The van der Waals surface area contributed by atoms with E-state index in [-0.39, 0.29) is 29.1 Å². The molecule has 7 heteroatoms. The van der Waals surface area contributed by atoms with Crippen molar-refractivity contribution in [1.82, 2.24) is 4.98 Å².